The number of fused-ring (bicyclic) bond motifs is 11. The van der Waals surface area contributed by atoms with Crippen LogP contribution in [0.3, 0.4) is 0 Å². The van der Waals surface area contributed by atoms with Gasteiger partial charge in [-0.3, -0.25) is 4.79 Å². The van der Waals surface area contributed by atoms with Crippen LogP contribution >= 0.6 is 0 Å². The number of aryl methyl sites for hydroxylation is 1. The summed E-state index contributed by atoms with van der Waals surface area (Å²) < 4.78 is 31.0. The molecule has 2 bridgehead atoms. The van der Waals surface area contributed by atoms with Crippen molar-refractivity contribution in [1.82, 2.24) is 0 Å². The molecule has 1 saturated carbocycles. The normalized spacial score (nSPS) is 22.7. The van der Waals surface area contributed by atoms with E-state index in [0.29, 0.717) is 40.7 Å². The van der Waals surface area contributed by atoms with Crippen LogP contribution in [0.2, 0.25) is 0 Å². The van der Waals surface area contributed by atoms with Crippen molar-refractivity contribution >= 4 is 22.9 Å². The third kappa shape index (κ3) is 8.82. The van der Waals surface area contributed by atoms with Gasteiger partial charge in [0.2, 0.25) is 0 Å². The SMILES string of the molecule is COCCc1c(CO)c2ccc3c(c2oc1=O)[C@@H]1OC(=O)C[C@@H]2C[C@H](c4cccc(Cc5ccccc5)c4)CC[C@H]2c2ccc(cc2)CCC(=C(C)C)C(=O)O[C@@H]1C(C)(C)O3. The van der Waals surface area contributed by atoms with Crippen LogP contribution < -0.4 is 10.4 Å². The summed E-state index contributed by atoms with van der Waals surface area (Å²) in [5.41, 5.74) is 6.74. The molecule has 1 aromatic heterocycles. The Labute approximate surface area is 357 Å². The molecule has 5 atom stereocenters. The van der Waals surface area contributed by atoms with Crippen LogP contribution in [0.4, 0.5) is 0 Å². The van der Waals surface area contributed by atoms with Gasteiger partial charge in [-0.15, -0.1) is 0 Å². The molecule has 1 aliphatic carbocycles. The highest BCUT2D eigenvalue weighted by Crippen LogP contribution is 2.50. The van der Waals surface area contributed by atoms with Crippen LogP contribution in [0.15, 0.2) is 111 Å². The number of ether oxygens (including phenoxy) is 4. The molecule has 3 aliphatic heterocycles. The number of rotatable bonds is 7. The molecule has 4 aromatic carbocycles. The highest BCUT2D eigenvalue weighted by atomic mass is 16.6. The van der Waals surface area contributed by atoms with Crippen LogP contribution in [0, 0.1) is 5.92 Å². The monoisotopic (exact) mass is 824 g/mol. The van der Waals surface area contributed by atoms with Gasteiger partial charge < -0.3 is 28.5 Å². The second-order valence-electron chi connectivity index (χ2n) is 17.8. The van der Waals surface area contributed by atoms with E-state index < -0.39 is 42.0 Å². The molecule has 4 aliphatic rings. The molecule has 0 spiro atoms. The number of aliphatic hydroxyl groups excluding tert-OH is 1. The first-order valence-electron chi connectivity index (χ1n) is 21.6. The standard InChI is InChI=1S/C52H56O9/c1-31(2)39-20-16-32-14-17-35(18-15-32)40-21-19-37(36-13-9-12-34(27-36)26-33-10-7-6-8-11-33)28-38(40)29-45(54)58-48-46-44(61-52(3,4)49(48)60-50(39)55)23-22-41-43(30-53)42(24-25-57-5)51(56)59-47(41)46/h6-15,17-18,22-23,27,37-38,40,48-49,53H,16,19-21,24-26,28-30H2,1-5H3/t37-,38+,40+,48+,49+/m1/s1. The number of hydrogen-bond acceptors (Lipinski definition) is 9. The highest BCUT2D eigenvalue weighted by molar-refractivity contribution is 5.90. The second-order valence-corrected chi connectivity index (χ2v) is 17.8. The largest absolute Gasteiger partial charge is 0.483 e. The Kier molecular flexibility index (Phi) is 12.3. The van der Waals surface area contributed by atoms with E-state index in [4.69, 9.17) is 23.4 Å². The molecule has 0 amide bonds. The Bertz CT molecular complexity index is 2490. The smallest absolute Gasteiger partial charge is 0.339 e. The van der Waals surface area contributed by atoms with Gasteiger partial charge in [-0.1, -0.05) is 84.4 Å². The average molecular weight is 825 g/mol. The van der Waals surface area contributed by atoms with E-state index >= 15 is 0 Å². The lowest BCUT2D eigenvalue weighted by Crippen LogP contribution is -2.52. The minimum Gasteiger partial charge on any atom is -0.483 e. The van der Waals surface area contributed by atoms with Crippen LogP contribution in [-0.2, 0) is 49.7 Å². The molecule has 0 radical (unpaired) electrons. The number of hydrogen-bond donors (Lipinski definition) is 1. The zero-order chi connectivity index (χ0) is 42.8. The number of carbonyl (C=O) groups excluding carboxylic acids is 2. The van der Waals surface area contributed by atoms with Crippen molar-refractivity contribution in [3.63, 3.8) is 0 Å². The summed E-state index contributed by atoms with van der Waals surface area (Å²) >= 11 is 0. The van der Waals surface area contributed by atoms with E-state index in [-0.39, 0.29) is 48.3 Å². The fourth-order valence-corrected chi connectivity index (χ4v) is 9.91. The Morgan fingerprint density at radius 3 is 2.34 bits per heavy atom. The van der Waals surface area contributed by atoms with Crippen LogP contribution in [0.5, 0.6) is 5.75 Å². The lowest BCUT2D eigenvalue weighted by molar-refractivity contribution is -0.188. The van der Waals surface area contributed by atoms with Crippen LogP contribution in [0.25, 0.3) is 11.0 Å². The van der Waals surface area contributed by atoms with Gasteiger partial charge in [-0.05, 0) is 129 Å². The first-order chi connectivity index (χ1) is 29.4. The van der Waals surface area contributed by atoms with E-state index in [1.54, 1.807) is 33.1 Å². The van der Waals surface area contributed by atoms with Crippen molar-refractivity contribution in [3.05, 3.63) is 157 Å². The Morgan fingerprint density at radius 1 is 0.836 bits per heavy atom. The van der Waals surface area contributed by atoms with Crippen LogP contribution in [-0.4, -0.2) is 42.5 Å². The number of esters is 2. The lowest BCUT2D eigenvalue weighted by atomic mass is 9.68. The minimum atomic E-state index is -1.20. The molecule has 9 rings (SSSR count). The molecular formula is C52H56O9. The van der Waals surface area contributed by atoms with Crippen molar-refractivity contribution in [2.24, 2.45) is 5.92 Å². The van der Waals surface area contributed by atoms with Crippen molar-refractivity contribution in [2.75, 3.05) is 13.7 Å². The molecule has 61 heavy (non-hydrogen) atoms. The Balaban J connectivity index is 1.21. The van der Waals surface area contributed by atoms with Gasteiger partial charge in [-0.25, -0.2) is 9.59 Å². The number of benzene rings is 4. The van der Waals surface area contributed by atoms with Gasteiger partial charge in [0.25, 0.3) is 0 Å². The molecule has 0 saturated heterocycles. The maximum absolute atomic E-state index is 14.8. The summed E-state index contributed by atoms with van der Waals surface area (Å²) in [7, 11) is 1.54. The van der Waals surface area contributed by atoms with E-state index in [9.17, 15) is 19.5 Å². The van der Waals surface area contributed by atoms with E-state index in [0.717, 1.165) is 36.8 Å². The maximum Gasteiger partial charge on any atom is 0.339 e. The summed E-state index contributed by atoms with van der Waals surface area (Å²) in [6.45, 7) is 7.21. The van der Waals surface area contributed by atoms with Crippen molar-refractivity contribution < 1.29 is 38.1 Å². The van der Waals surface area contributed by atoms with Crippen molar-refractivity contribution in [2.45, 2.75) is 115 Å². The molecule has 5 aromatic rings. The van der Waals surface area contributed by atoms with Gasteiger partial charge in [-0.2, -0.15) is 0 Å². The number of methoxy groups -OCH3 is 1. The summed E-state index contributed by atoms with van der Waals surface area (Å²) in [5, 5.41) is 11.1. The third-order valence-electron chi connectivity index (χ3n) is 13.1. The summed E-state index contributed by atoms with van der Waals surface area (Å²) in [6.07, 6.45) is 2.66. The highest BCUT2D eigenvalue weighted by Gasteiger charge is 2.51. The Morgan fingerprint density at radius 2 is 1.61 bits per heavy atom. The number of aliphatic hydroxyl groups is 1. The summed E-state index contributed by atoms with van der Waals surface area (Å²) in [5.74, 6) is -0.331. The summed E-state index contributed by atoms with van der Waals surface area (Å²) in [6, 6.07) is 31.5. The summed E-state index contributed by atoms with van der Waals surface area (Å²) in [4.78, 5) is 42.7. The molecule has 4 heterocycles. The Hall–Kier alpha value is -5.51. The minimum absolute atomic E-state index is 0.0526. The van der Waals surface area contributed by atoms with Gasteiger partial charge in [0.05, 0.1) is 18.8 Å². The molecule has 9 nitrogen and oxygen atoms in total. The first-order valence-corrected chi connectivity index (χ1v) is 21.6. The zero-order valence-electron chi connectivity index (χ0n) is 35.8. The van der Waals surface area contributed by atoms with E-state index in [2.05, 4.69) is 72.8 Å². The van der Waals surface area contributed by atoms with Gasteiger partial charge in [0, 0.05) is 36.5 Å². The topological polar surface area (TPSA) is 122 Å². The maximum atomic E-state index is 14.8. The van der Waals surface area contributed by atoms with Crippen LogP contribution in [0.1, 0.15) is 122 Å². The molecular weight excluding hydrogens is 769 g/mol. The fourth-order valence-electron chi connectivity index (χ4n) is 9.91. The molecule has 318 valence electrons. The zero-order valence-corrected chi connectivity index (χ0v) is 35.8. The third-order valence-corrected chi connectivity index (χ3v) is 13.1. The molecule has 1 N–H and O–H groups in total. The number of carbonyl (C=O) groups is 2. The second kappa shape index (κ2) is 17.8. The molecule has 9 heteroatoms. The van der Waals surface area contributed by atoms with Gasteiger partial charge in [0.1, 0.15) is 16.9 Å². The quantitative estimate of drug-likeness (QED) is 0.0972. The van der Waals surface area contributed by atoms with Crippen molar-refractivity contribution in [3.8, 4) is 5.75 Å². The molecule has 0 unspecified atom stereocenters. The average Bonchev–Trinajstić information content (AvgIpc) is 3.24. The van der Waals surface area contributed by atoms with E-state index in [1.165, 1.54) is 22.3 Å². The predicted molar refractivity (Wildman–Crippen MR) is 234 cm³/mol. The van der Waals surface area contributed by atoms with Gasteiger partial charge >= 0.3 is 17.6 Å². The molecule has 1 fully saturated rings. The van der Waals surface area contributed by atoms with Crippen molar-refractivity contribution in [1.29, 1.82) is 0 Å². The lowest BCUT2D eigenvalue weighted by Gasteiger charge is -2.43. The fraction of sp³-hybridized carbons (Fsp3) is 0.404. The predicted octanol–water partition coefficient (Wildman–Crippen LogP) is 9.77. The van der Waals surface area contributed by atoms with E-state index in [1.807, 2.05) is 19.9 Å². The van der Waals surface area contributed by atoms with Gasteiger partial charge in [0.15, 0.2) is 12.2 Å². The number of allylic oxidation sites excluding steroid dienone is 1. The first kappa shape index (κ1) is 42.2.